The summed E-state index contributed by atoms with van der Waals surface area (Å²) >= 11 is 0. The van der Waals surface area contributed by atoms with E-state index in [1.165, 1.54) is 0 Å². The number of nitriles is 1. The number of carbonyl (C=O) groups excluding carboxylic acids is 2. The van der Waals surface area contributed by atoms with Crippen LogP contribution in [0.4, 0.5) is 17.1 Å². The quantitative estimate of drug-likeness (QED) is 0.256. The highest BCUT2D eigenvalue weighted by molar-refractivity contribution is 6.03. The van der Waals surface area contributed by atoms with E-state index in [-0.39, 0.29) is 18.4 Å². The molecule has 0 spiro atoms. The molecule has 196 valence electrons. The van der Waals surface area contributed by atoms with Gasteiger partial charge in [0, 0.05) is 24.0 Å². The standard InChI is InChI=1S/C33H31N3O3/c1-2-39-32(38)23-36(29-13-5-9-26-8-3-4-12-28(26)29)30-14-6-10-27-11-7-21-35(33(27)30)31(37)20-19-24-15-17-25(22-34)18-16-24/h3-6,8-10,12-18H,2,7,11,19-21,23H2,1H3. The number of nitrogens with zero attached hydrogens (tertiary/aromatic N) is 3. The van der Waals surface area contributed by atoms with Crippen molar-refractivity contribution >= 4 is 39.7 Å². The van der Waals surface area contributed by atoms with Gasteiger partial charge in [0.2, 0.25) is 5.91 Å². The fourth-order valence-electron chi connectivity index (χ4n) is 5.31. The molecule has 0 radical (unpaired) electrons. The van der Waals surface area contributed by atoms with Crippen molar-refractivity contribution in [2.45, 2.75) is 32.6 Å². The van der Waals surface area contributed by atoms with E-state index in [0.29, 0.717) is 31.6 Å². The van der Waals surface area contributed by atoms with Gasteiger partial charge in [-0.3, -0.25) is 9.59 Å². The Bertz CT molecular complexity index is 1530. The van der Waals surface area contributed by atoms with Gasteiger partial charge in [0.25, 0.3) is 0 Å². The van der Waals surface area contributed by atoms with E-state index in [0.717, 1.165) is 51.8 Å². The summed E-state index contributed by atoms with van der Waals surface area (Å²) in [5.74, 6) is -0.278. The SMILES string of the molecule is CCOC(=O)CN(c1cccc2c1N(C(=O)CCc1ccc(C#N)cc1)CCC2)c1cccc2ccccc12. The zero-order valence-corrected chi connectivity index (χ0v) is 22.1. The minimum absolute atomic E-state index is 0.0333. The first-order valence-corrected chi connectivity index (χ1v) is 13.4. The van der Waals surface area contributed by atoms with Gasteiger partial charge in [-0.15, -0.1) is 0 Å². The molecule has 0 bridgehead atoms. The fourth-order valence-corrected chi connectivity index (χ4v) is 5.31. The number of ether oxygens (including phenoxy) is 1. The van der Waals surface area contributed by atoms with Crippen molar-refractivity contribution in [2.75, 3.05) is 29.5 Å². The molecule has 0 aliphatic carbocycles. The van der Waals surface area contributed by atoms with Crippen LogP contribution >= 0.6 is 0 Å². The maximum absolute atomic E-state index is 13.7. The molecule has 6 nitrogen and oxygen atoms in total. The highest BCUT2D eigenvalue weighted by Crippen LogP contribution is 2.42. The molecular formula is C33H31N3O3. The van der Waals surface area contributed by atoms with Crippen molar-refractivity contribution in [1.29, 1.82) is 5.26 Å². The van der Waals surface area contributed by atoms with E-state index in [2.05, 4.69) is 30.3 Å². The lowest BCUT2D eigenvalue weighted by Crippen LogP contribution is -2.38. The minimum Gasteiger partial charge on any atom is -0.465 e. The molecule has 39 heavy (non-hydrogen) atoms. The third-order valence-corrected chi connectivity index (χ3v) is 7.15. The monoisotopic (exact) mass is 517 g/mol. The number of esters is 1. The van der Waals surface area contributed by atoms with Crippen molar-refractivity contribution < 1.29 is 14.3 Å². The Morgan fingerprint density at radius 3 is 2.49 bits per heavy atom. The van der Waals surface area contributed by atoms with Crippen molar-refractivity contribution in [3.05, 3.63) is 102 Å². The second-order valence-electron chi connectivity index (χ2n) is 9.63. The maximum Gasteiger partial charge on any atom is 0.325 e. The van der Waals surface area contributed by atoms with Crippen molar-refractivity contribution in [1.82, 2.24) is 0 Å². The van der Waals surface area contributed by atoms with E-state index >= 15 is 0 Å². The van der Waals surface area contributed by atoms with E-state index in [1.807, 2.05) is 58.3 Å². The number of hydrogen-bond acceptors (Lipinski definition) is 5. The lowest BCUT2D eigenvalue weighted by Gasteiger charge is -2.36. The lowest BCUT2D eigenvalue weighted by molar-refractivity contribution is -0.141. The number of amides is 1. The molecular weight excluding hydrogens is 486 g/mol. The van der Waals surface area contributed by atoms with Crippen LogP contribution in [-0.4, -0.2) is 31.6 Å². The Kier molecular flexibility index (Phi) is 7.88. The smallest absolute Gasteiger partial charge is 0.325 e. The Balaban J connectivity index is 1.53. The van der Waals surface area contributed by atoms with Gasteiger partial charge in [-0.05, 0) is 67.0 Å². The highest BCUT2D eigenvalue weighted by Gasteiger charge is 2.29. The van der Waals surface area contributed by atoms with E-state index in [9.17, 15) is 9.59 Å². The van der Waals surface area contributed by atoms with E-state index < -0.39 is 0 Å². The van der Waals surface area contributed by atoms with Crippen molar-refractivity contribution in [3.63, 3.8) is 0 Å². The van der Waals surface area contributed by atoms with Crippen LogP contribution in [0.1, 0.15) is 36.5 Å². The van der Waals surface area contributed by atoms with Crippen molar-refractivity contribution in [3.8, 4) is 6.07 Å². The highest BCUT2D eigenvalue weighted by atomic mass is 16.5. The molecule has 0 aromatic heterocycles. The second kappa shape index (κ2) is 11.8. The Morgan fingerprint density at radius 2 is 1.69 bits per heavy atom. The zero-order chi connectivity index (χ0) is 27.2. The van der Waals surface area contributed by atoms with Crippen molar-refractivity contribution in [2.24, 2.45) is 0 Å². The van der Waals surface area contributed by atoms with Crippen LogP contribution in [-0.2, 0) is 27.2 Å². The van der Waals surface area contributed by atoms with Gasteiger partial charge in [0.05, 0.1) is 29.6 Å². The topological polar surface area (TPSA) is 73.6 Å². The van der Waals surface area contributed by atoms with Crippen LogP contribution in [0.15, 0.2) is 84.9 Å². The van der Waals surface area contributed by atoms with Crippen LogP contribution in [0.5, 0.6) is 0 Å². The maximum atomic E-state index is 13.7. The Morgan fingerprint density at radius 1 is 0.949 bits per heavy atom. The summed E-state index contributed by atoms with van der Waals surface area (Å²) in [6.45, 7) is 2.76. The molecule has 0 saturated carbocycles. The molecule has 6 heteroatoms. The average molecular weight is 518 g/mol. The molecule has 1 amide bonds. The van der Waals surface area contributed by atoms with Gasteiger partial charge >= 0.3 is 5.97 Å². The van der Waals surface area contributed by atoms with Crippen LogP contribution in [0.3, 0.4) is 0 Å². The largest absolute Gasteiger partial charge is 0.465 e. The van der Waals surface area contributed by atoms with Gasteiger partial charge in [0.15, 0.2) is 0 Å². The van der Waals surface area contributed by atoms with E-state index in [1.54, 1.807) is 19.1 Å². The molecule has 1 aliphatic rings. The summed E-state index contributed by atoms with van der Waals surface area (Å²) in [7, 11) is 0. The predicted octanol–water partition coefficient (Wildman–Crippen LogP) is 6.32. The average Bonchev–Trinajstić information content (AvgIpc) is 2.98. The van der Waals surface area contributed by atoms with E-state index in [4.69, 9.17) is 10.00 Å². The molecule has 0 atom stereocenters. The Hall–Kier alpha value is -4.63. The summed E-state index contributed by atoms with van der Waals surface area (Å²) in [6.07, 6.45) is 2.69. The predicted molar refractivity (Wildman–Crippen MR) is 154 cm³/mol. The molecule has 1 heterocycles. The molecule has 0 unspecified atom stereocenters. The summed E-state index contributed by atoms with van der Waals surface area (Å²) in [5.41, 5.74) is 5.31. The molecule has 5 rings (SSSR count). The molecule has 4 aromatic rings. The number of carbonyl (C=O) groups is 2. The first kappa shape index (κ1) is 26.0. The summed E-state index contributed by atoms with van der Waals surface area (Å²) in [5, 5.41) is 11.2. The third kappa shape index (κ3) is 5.63. The normalized spacial score (nSPS) is 12.5. The minimum atomic E-state index is -0.322. The molecule has 1 aliphatic heterocycles. The van der Waals surface area contributed by atoms with Gasteiger partial charge < -0.3 is 14.5 Å². The van der Waals surface area contributed by atoms with Crippen LogP contribution in [0.25, 0.3) is 10.8 Å². The number of benzene rings is 4. The summed E-state index contributed by atoms with van der Waals surface area (Å²) < 4.78 is 5.37. The fraction of sp³-hybridized carbons (Fsp3) is 0.242. The number of fused-ring (bicyclic) bond motifs is 2. The van der Waals surface area contributed by atoms with Crippen LogP contribution < -0.4 is 9.80 Å². The number of hydrogen-bond donors (Lipinski definition) is 0. The van der Waals surface area contributed by atoms with Gasteiger partial charge in [-0.25, -0.2) is 0 Å². The van der Waals surface area contributed by atoms with Crippen LogP contribution in [0.2, 0.25) is 0 Å². The zero-order valence-electron chi connectivity index (χ0n) is 22.1. The number of anilines is 3. The molecule has 0 N–H and O–H groups in total. The number of rotatable bonds is 8. The molecule has 4 aromatic carbocycles. The molecule has 0 saturated heterocycles. The number of aryl methyl sites for hydroxylation is 2. The number of para-hydroxylation sites is 1. The third-order valence-electron chi connectivity index (χ3n) is 7.15. The molecule has 0 fully saturated rings. The van der Waals surface area contributed by atoms with Gasteiger partial charge in [-0.2, -0.15) is 5.26 Å². The Labute approximate surface area is 229 Å². The summed E-state index contributed by atoms with van der Waals surface area (Å²) in [6, 6.07) is 29.7. The van der Waals surface area contributed by atoms with Gasteiger partial charge in [-0.1, -0.05) is 60.7 Å². The van der Waals surface area contributed by atoms with Crippen LogP contribution in [0, 0.1) is 11.3 Å². The lowest BCUT2D eigenvalue weighted by atomic mass is 9.98. The summed E-state index contributed by atoms with van der Waals surface area (Å²) in [4.78, 5) is 30.4. The second-order valence-corrected chi connectivity index (χ2v) is 9.63. The first-order valence-electron chi connectivity index (χ1n) is 13.4. The van der Waals surface area contributed by atoms with Gasteiger partial charge in [0.1, 0.15) is 6.54 Å². The first-order chi connectivity index (χ1) is 19.1.